The van der Waals surface area contributed by atoms with Gasteiger partial charge in [0.2, 0.25) is 0 Å². The maximum absolute atomic E-state index is 11.9. The Balaban J connectivity index is 2.38. The smallest absolute Gasteiger partial charge is 0.169 e. The molecule has 2 atom stereocenters. The van der Waals surface area contributed by atoms with Crippen LogP contribution < -0.4 is 4.90 Å². The molecule has 1 aromatic rings. The first-order chi connectivity index (χ1) is 9.30. The molecule has 0 aromatic heterocycles. The van der Waals surface area contributed by atoms with Crippen LogP contribution in [0.1, 0.15) is 18.6 Å². The maximum atomic E-state index is 11.9. The molecule has 1 aromatic carbocycles. The normalized spacial score (nSPS) is 21.8. The monoisotopic (exact) mass is 379 g/mol. The molecular weight excluding hydrogens is 362 g/mol. The minimum atomic E-state index is -3.13. The summed E-state index contributed by atoms with van der Waals surface area (Å²) >= 11 is 5.16. The lowest BCUT2D eigenvalue weighted by molar-refractivity contribution is 0.199. The summed E-state index contributed by atoms with van der Waals surface area (Å²) in [5, 5.41) is 9.11. The molecule has 1 aliphatic rings. The van der Waals surface area contributed by atoms with Crippen LogP contribution in [0.4, 0.5) is 5.69 Å². The molecular formula is C13H18BrNO3S2. The van der Waals surface area contributed by atoms with Crippen molar-refractivity contribution < 1.29 is 13.5 Å². The molecule has 7 heteroatoms. The third-order valence-corrected chi connectivity index (χ3v) is 6.62. The minimum Gasteiger partial charge on any atom is -0.389 e. The van der Waals surface area contributed by atoms with Gasteiger partial charge in [-0.3, -0.25) is 0 Å². The van der Waals surface area contributed by atoms with Crippen molar-refractivity contribution in [2.45, 2.75) is 18.4 Å². The molecule has 0 spiro atoms. The Morgan fingerprint density at radius 3 is 2.75 bits per heavy atom. The molecule has 1 saturated heterocycles. The maximum Gasteiger partial charge on any atom is 0.169 e. The topological polar surface area (TPSA) is 57.6 Å². The van der Waals surface area contributed by atoms with Crippen molar-refractivity contribution >= 4 is 43.2 Å². The molecule has 0 bridgehead atoms. The Labute approximate surface area is 132 Å². The van der Waals surface area contributed by atoms with Crippen LogP contribution in [-0.2, 0) is 9.84 Å². The highest BCUT2D eigenvalue weighted by Gasteiger charge is 2.32. The zero-order valence-electron chi connectivity index (χ0n) is 11.4. The van der Waals surface area contributed by atoms with E-state index in [-0.39, 0.29) is 0 Å². The van der Waals surface area contributed by atoms with E-state index in [9.17, 15) is 13.5 Å². The molecule has 1 N–H and O–H groups in total. The first-order valence-corrected chi connectivity index (χ1v) is 10.2. The van der Waals surface area contributed by atoms with Gasteiger partial charge in [-0.15, -0.1) is 0 Å². The highest BCUT2D eigenvalue weighted by Crippen LogP contribution is 2.34. The van der Waals surface area contributed by atoms with Gasteiger partial charge >= 0.3 is 0 Å². The fourth-order valence-corrected chi connectivity index (χ4v) is 5.68. The summed E-state index contributed by atoms with van der Waals surface area (Å²) < 4.78 is 24.7. The Morgan fingerprint density at radius 2 is 2.20 bits per heavy atom. The Bertz CT molecular complexity index is 589. The summed E-state index contributed by atoms with van der Waals surface area (Å²) in [4.78, 5) is 1.93. The molecule has 1 heterocycles. The van der Waals surface area contributed by atoms with Crippen molar-refractivity contribution in [3.05, 3.63) is 28.2 Å². The van der Waals surface area contributed by atoms with E-state index in [0.717, 1.165) is 21.5 Å². The van der Waals surface area contributed by atoms with Crippen molar-refractivity contribution in [2.75, 3.05) is 29.2 Å². The largest absolute Gasteiger partial charge is 0.389 e. The number of anilines is 1. The van der Waals surface area contributed by atoms with Crippen LogP contribution in [0.2, 0.25) is 0 Å². The van der Waals surface area contributed by atoms with Crippen LogP contribution in [0, 0.1) is 0 Å². The van der Waals surface area contributed by atoms with Gasteiger partial charge in [-0.1, -0.05) is 6.07 Å². The van der Waals surface area contributed by atoms with E-state index < -0.39 is 21.3 Å². The molecule has 1 aliphatic heterocycles. The molecule has 2 unspecified atom stereocenters. The average Bonchev–Trinajstić information content (AvgIpc) is 2.37. The highest BCUT2D eigenvalue weighted by molar-refractivity contribution is 9.10. The number of nitrogens with zero attached hydrogens (tertiary/aromatic N) is 1. The van der Waals surface area contributed by atoms with Gasteiger partial charge in [-0.25, -0.2) is 8.42 Å². The summed E-state index contributed by atoms with van der Waals surface area (Å²) in [5.41, 5.74) is 1.67. The van der Waals surface area contributed by atoms with Gasteiger partial charge in [0.15, 0.2) is 9.84 Å². The van der Waals surface area contributed by atoms with Gasteiger partial charge in [0.1, 0.15) is 5.37 Å². The Hall–Kier alpha value is -0.240. The SMILES string of the molecule is CC(O)c1ccc(N2CCSCC2S(C)(=O)=O)c(Br)c1. The third kappa shape index (κ3) is 3.50. The van der Waals surface area contributed by atoms with Crippen LogP contribution >= 0.6 is 27.7 Å². The number of hydrogen-bond acceptors (Lipinski definition) is 5. The van der Waals surface area contributed by atoms with Gasteiger partial charge in [-0.2, -0.15) is 11.8 Å². The number of hydrogen-bond donors (Lipinski definition) is 1. The summed E-state index contributed by atoms with van der Waals surface area (Å²) in [6.07, 6.45) is 0.747. The van der Waals surface area contributed by atoms with Crippen LogP contribution in [-0.4, -0.2) is 43.2 Å². The number of sulfone groups is 1. The van der Waals surface area contributed by atoms with Gasteiger partial charge in [0, 0.05) is 28.8 Å². The fraction of sp³-hybridized carbons (Fsp3) is 0.538. The van der Waals surface area contributed by atoms with Crippen LogP contribution in [0.3, 0.4) is 0 Å². The van der Waals surface area contributed by atoms with E-state index >= 15 is 0 Å². The molecule has 2 rings (SSSR count). The van der Waals surface area contributed by atoms with Crippen molar-refractivity contribution in [1.29, 1.82) is 0 Å². The minimum absolute atomic E-state index is 0.491. The second-order valence-electron chi connectivity index (χ2n) is 4.94. The summed E-state index contributed by atoms with van der Waals surface area (Å²) in [6, 6.07) is 5.56. The Morgan fingerprint density at radius 1 is 1.50 bits per heavy atom. The number of halogens is 1. The quantitative estimate of drug-likeness (QED) is 0.873. The highest BCUT2D eigenvalue weighted by atomic mass is 79.9. The first kappa shape index (κ1) is 16.1. The number of rotatable bonds is 3. The molecule has 20 heavy (non-hydrogen) atoms. The number of aliphatic hydroxyl groups is 1. The molecule has 4 nitrogen and oxygen atoms in total. The van der Waals surface area contributed by atoms with Crippen molar-refractivity contribution in [3.8, 4) is 0 Å². The van der Waals surface area contributed by atoms with Gasteiger partial charge in [0.25, 0.3) is 0 Å². The lowest BCUT2D eigenvalue weighted by Gasteiger charge is -2.36. The Kier molecular flexibility index (Phi) is 5.05. The fourth-order valence-electron chi connectivity index (χ4n) is 2.23. The van der Waals surface area contributed by atoms with Gasteiger partial charge in [-0.05, 0) is 40.5 Å². The van der Waals surface area contributed by atoms with E-state index in [4.69, 9.17) is 0 Å². The van der Waals surface area contributed by atoms with Crippen molar-refractivity contribution in [1.82, 2.24) is 0 Å². The van der Waals surface area contributed by atoms with E-state index in [0.29, 0.717) is 12.3 Å². The third-order valence-electron chi connectivity index (χ3n) is 3.34. The van der Waals surface area contributed by atoms with E-state index in [1.807, 2.05) is 23.1 Å². The second kappa shape index (κ2) is 6.25. The summed E-state index contributed by atoms with van der Waals surface area (Å²) in [5.74, 6) is 1.50. The zero-order valence-corrected chi connectivity index (χ0v) is 14.6. The van der Waals surface area contributed by atoms with Crippen molar-refractivity contribution in [2.24, 2.45) is 0 Å². The standard InChI is InChI=1S/C13H18BrNO3S2/c1-9(16)10-3-4-12(11(14)7-10)15-5-6-19-8-13(15)20(2,17)18/h3-4,7,9,13,16H,5-6,8H2,1-2H3. The molecule has 1 fully saturated rings. The lowest BCUT2D eigenvalue weighted by Crippen LogP contribution is -2.47. The zero-order chi connectivity index (χ0) is 14.9. The average molecular weight is 380 g/mol. The summed E-state index contributed by atoms with van der Waals surface area (Å²) in [7, 11) is -3.13. The molecule has 0 radical (unpaired) electrons. The number of thioether (sulfide) groups is 1. The molecule has 0 saturated carbocycles. The van der Waals surface area contributed by atoms with Gasteiger partial charge in [0.05, 0.1) is 11.8 Å². The predicted molar refractivity (Wildman–Crippen MR) is 88.1 cm³/mol. The predicted octanol–water partition coefficient (Wildman–Crippen LogP) is 2.43. The number of benzene rings is 1. The first-order valence-electron chi connectivity index (χ1n) is 6.31. The van der Waals surface area contributed by atoms with Crippen LogP contribution in [0.5, 0.6) is 0 Å². The lowest BCUT2D eigenvalue weighted by atomic mass is 10.1. The molecule has 0 amide bonds. The second-order valence-corrected chi connectivity index (χ2v) is 9.15. The van der Waals surface area contributed by atoms with Gasteiger partial charge < -0.3 is 10.0 Å². The number of aliphatic hydroxyl groups excluding tert-OH is 1. The van der Waals surface area contributed by atoms with Crippen LogP contribution in [0.15, 0.2) is 22.7 Å². The molecule has 0 aliphatic carbocycles. The van der Waals surface area contributed by atoms with Crippen molar-refractivity contribution in [3.63, 3.8) is 0 Å². The van der Waals surface area contributed by atoms with E-state index in [1.165, 1.54) is 6.26 Å². The van der Waals surface area contributed by atoms with E-state index in [2.05, 4.69) is 15.9 Å². The van der Waals surface area contributed by atoms with E-state index in [1.54, 1.807) is 18.7 Å². The van der Waals surface area contributed by atoms with Crippen LogP contribution in [0.25, 0.3) is 0 Å². The summed E-state index contributed by atoms with van der Waals surface area (Å²) in [6.45, 7) is 2.41. The molecule has 112 valence electrons.